The van der Waals surface area contributed by atoms with Crippen molar-refractivity contribution in [3.05, 3.63) is 53.7 Å². The van der Waals surface area contributed by atoms with E-state index in [0.29, 0.717) is 12.2 Å². The fourth-order valence-electron chi connectivity index (χ4n) is 6.03. The maximum Gasteiger partial charge on any atom is 0.352 e. The number of fused-ring (bicyclic) bond motifs is 6. The third-order valence-corrected chi connectivity index (χ3v) is 7.36. The molecule has 2 fully saturated rings. The fourth-order valence-corrected chi connectivity index (χ4v) is 6.03. The highest BCUT2D eigenvalue weighted by Gasteiger charge is 2.57. The lowest BCUT2D eigenvalue weighted by molar-refractivity contribution is -0.137. The number of para-hydroxylation sites is 1. The number of rotatable bonds is 4. The number of hydrogen-bond donors (Lipinski definition) is 2. The largest absolute Gasteiger partial charge is 0.485 e. The Hall–Kier alpha value is -2.99. The number of nitrogens with zero attached hydrogens (tertiary/aromatic N) is 1. The van der Waals surface area contributed by atoms with Crippen LogP contribution in [-0.2, 0) is 4.79 Å². The Morgan fingerprint density at radius 2 is 1.97 bits per heavy atom. The molecule has 5 atom stereocenters. The average Bonchev–Trinajstić information content (AvgIpc) is 3.22. The Balaban J connectivity index is 1.42. The van der Waals surface area contributed by atoms with E-state index in [1.807, 2.05) is 54.3 Å². The monoisotopic (exact) mass is 419 g/mol. The Kier molecular flexibility index (Phi) is 4.09. The van der Waals surface area contributed by atoms with Crippen LogP contribution in [0.3, 0.4) is 0 Å². The first kappa shape index (κ1) is 18.8. The van der Waals surface area contributed by atoms with Crippen molar-refractivity contribution in [1.82, 2.24) is 4.90 Å². The summed E-state index contributed by atoms with van der Waals surface area (Å²) in [5, 5.41) is 22.2. The maximum atomic E-state index is 12.2. The number of benzene rings is 2. The number of aliphatic hydroxyl groups excluding tert-OH is 1. The molecule has 160 valence electrons. The van der Waals surface area contributed by atoms with E-state index < -0.39 is 12.1 Å². The molecule has 2 aromatic carbocycles. The summed E-state index contributed by atoms with van der Waals surface area (Å²) < 4.78 is 12.6. The van der Waals surface area contributed by atoms with Crippen molar-refractivity contribution in [2.45, 2.75) is 44.4 Å². The topological polar surface area (TPSA) is 83.1 Å². The molecule has 2 unspecified atom stereocenters. The minimum absolute atomic E-state index is 0.0676. The molecule has 3 aromatic rings. The summed E-state index contributed by atoms with van der Waals surface area (Å²) in [6, 6.07) is 13.7. The molecular weight excluding hydrogens is 394 g/mol. The van der Waals surface area contributed by atoms with Crippen LogP contribution in [0.5, 0.6) is 5.75 Å². The van der Waals surface area contributed by atoms with Crippen molar-refractivity contribution >= 4 is 27.9 Å². The van der Waals surface area contributed by atoms with Crippen LogP contribution in [0.2, 0.25) is 0 Å². The van der Waals surface area contributed by atoms with Crippen LogP contribution in [0.25, 0.3) is 21.9 Å². The summed E-state index contributed by atoms with van der Waals surface area (Å²) in [4.78, 5) is 14.2. The van der Waals surface area contributed by atoms with Crippen LogP contribution in [0, 0.1) is 11.8 Å². The number of furan rings is 1. The van der Waals surface area contributed by atoms with Gasteiger partial charge >= 0.3 is 5.97 Å². The van der Waals surface area contributed by atoms with Gasteiger partial charge in [-0.15, -0.1) is 0 Å². The molecule has 3 aliphatic rings. The number of carbonyl (C=O) groups is 1. The van der Waals surface area contributed by atoms with E-state index in [1.165, 1.54) is 0 Å². The molecule has 1 saturated carbocycles. The van der Waals surface area contributed by atoms with Gasteiger partial charge in [-0.2, -0.15) is 0 Å². The Morgan fingerprint density at radius 1 is 1.16 bits per heavy atom. The number of ether oxygens (including phenoxy) is 1. The summed E-state index contributed by atoms with van der Waals surface area (Å²) in [6.45, 7) is 2.40. The third-order valence-electron chi connectivity index (χ3n) is 7.36. The van der Waals surface area contributed by atoms with Gasteiger partial charge in [-0.3, -0.25) is 0 Å². The molecule has 0 bridgehead atoms. The third kappa shape index (κ3) is 2.64. The van der Waals surface area contributed by atoms with E-state index in [1.54, 1.807) is 0 Å². The predicted octanol–water partition coefficient (Wildman–Crippen LogP) is 4.17. The second-order valence-electron chi connectivity index (χ2n) is 9.03. The highest BCUT2D eigenvalue weighted by Crippen LogP contribution is 2.52. The van der Waals surface area contributed by atoms with E-state index in [4.69, 9.17) is 9.15 Å². The van der Waals surface area contributed by atoms with Crippen molar-refractivity contribution < 1.29 is 24.2 Å². The van der Waals surface area contributed by atoms with Gasteiger partial charge in [0.25, 0.3) is 0 Å². The number of carboxylic acids is 1. The zero-order valence-electron chi connectivity index (χ0n) is 17.3. The molecule has 0 amide bonds. The summed E-state index contributed by atoms with van der Waals surface area (Å²) >= 11 is 0. The Bertz CT molecular complexity index is 1230. The van der Waals surface area contributed by atoms with Crippen LogP contribution in [0.1, 0.15) is 26.2 Å². The van der Waals surface area contributed by atoms with Crippen LogP contribution in [0.15, 0.2) is 58.2 Å². The van der Waals surface area contributed by atoms with Crippen molar-refractivity contribution in [1.29, 1.82) is 0 Å². The molecule has 0 spiro atoms. The van der Waals surface area contributed by atoms with Gasteiger partial charge in [0.2, 0.25) is 0 Å². The van der Waals surface area contributed by atoms with Gasteiger partial charge < -0.3 is 24.3 Å². The zero-order chi connectivity index (χ0) is 21.3. The lowest BCUT2D eigenvalue weighted by Crippen LogP contribution is -2.59. The lowest BCUT2D eigenvalue weighted by Gasteiger charge is -2.50. The molecule has 2 N–H and O–H groups in total. The highest BCUT2D eigenvalue weighted by molar-refractivity contribution is 6.08. The van der Waals surface area contributed by atoms with E-state index in [9.17, 15) is 15.0 Å². The molecule has 6 nitrogen and oxygen atoms in total. The first-order valence-electron chi connectivity index (χ1n) is 11.0. The van der Waals surface area contributed by atoms with Gasteiger partial charge in [0.15, 0.2) is 0 Å². The quantitative estimate of drug-likeness (QED) is 0.661. The van der Waals surface area contributed by atoms with Crippen molar-refractivity contribution in [2.24, 2.45) is 11.8 Å². The van der Waals surface area contributed by atoms with E-state index in [2.05, 4.69) is 0 Å². The summed E-state index contributed by atoms with van der Waals surface area (Å²) in [5.41, 5.74) is 2.87. The van der Waals surface area contributed by atoms with Crippen LogP contribution < -0.4 is 4.74 Å². The SMILES string of the molecule is C[C@@H](O)[C@H]1CN2C(C(=O)O)=C3C(Oc4cccc5oc6ccccc6c45)CCCC3[C@H]12. The molecule has 0 radical (unpaired) electrons. The Labute approximate surface area is 179 Å². The van der Waals surface area contributed by atoms with Gasteiger partial charge in [0.05, 0.1) is 11.5 Å². The van der Waals surface area contributed by atoms with Gasteiger partial charge in [-0.05, 0) is 44.4 Å². The standard InChI is InChI=1S/C25H25NO5/c1-13(27)16-12-26-23(16)15-7-4-9-20(22(15)24(26)25(28)29)31-19-11-5-10-18-21(19)14-6-2-3-8-17(14)30-18/h2-3,5-6,8,10-11,13,15-16,20,23,27H,4,7,9,12H2,1H3,(H,28,29)/t13-,15?,16-,20?,23-/m1/s1. The minimum atomic E-state index is -0.894. The van der Waals surface area contributed by atoms with E-state index in [-0.39, 0.29) is 24.0 Å². The van der Waals surface area contributed by atoms with Crippen LogP contribution >= 0.6 is 0 Å². The van der Waals surface area contributed by atoms with Gasteiger partial charge in [-0.1, -0.05) is 24.3 Å². The number of aliphatic hydroxyl groups is 1. The lowest BCUT2D eigenvalue weighted by atomic mass is 9.72. The number of carboxylic acid groups (broad SMARTS) is 1. The maximum absolute atomic E-state index is 12.2. The van der Waals surface area contributed by atoms with Gasteiger partial charge in [-0.25, -0.2) is 4.79 Å². The summed E-state index contributed by atoms with van der Waals surface area (Å²) in [7, 11) is 0. The number of hydrogen-bond acceptors (Lipinski definition) is 5. The number of aliphatic carboxylic acids is 1. The molecule has 1 aliphatic carbocycles. The second kappa shape index (κ2) is 6.76. The molecule has 2 aliphatic heterocycles. The molecule has 1 saturated heterocycles. The zero-order valence-corrected chi connectivity index (χ0v) is 17.3. The van der Waals surface area contributed by atoms with E-state index >= 15 is 0 Å². The van der Waals surface area contributed by atoms with Crippen LogP contribution in [-0.4, -0.2) is 45.9 Å². The molecule has 31 heavy (non-hydrogen) atoms. The van der Waals surface area contributed by atoms with E-state index in [0.717, 1.165) is 52.5 Å². The van der Waals surface area contributed by atoms with Gasteiger partial charge in [0.1, 0.15) is 28.7 Å². The predicted molar refractivity (Wildman–Crippen MR) is 116 cm³/mol. The normalized spacial score (nSPS) is 28.4. The highest BCUT2D eigenvalue weighted by atomic mass is 16.5. The molecule has 1 aromatic heterocycles. The van der Waals surface area contributed by atoms with Crippen LogP contribution in [0.4, 0.5) is 0 Å². The van der Waals surface area contributed by atoms with Crippen molar-refractivity contribution in [3.63, 3.8) is 0 Å². The molecular formula is C25H25NO5. The first-order chi connectivity index (χ1) is 15.0. The van der Waals surface area contributed by atoms with Crippen molar-refractivity contribution in [3.8, 4) is 5.75 Å². The molecule has 6 heteroatoms. The molecule has 3 heterocycles. The first-order valence-corrected chi connectivity index (χ1v) is 11.0. The van der Waals surface area contributed by atoms with Crippen molar-refractivity contribution in [2.75, 3.05) is 6.54 Å². The smallest absolute Gasteiger partial charge is 0.352 e. The molecule has 6 rings (SSSR count). The minimum Gasteiger partial charge on any atom is -0.485 e. The summed E-state index contributed by atoms with van der Waals surface area (Å²) in [6.07, 6.45) is 1.97. The second-order valence-corrected chi connectivity index (χ2v) is 9.03. The summed E-state index contributed by atoms with van der Waals surface area (Å²) in [5.74, 6) is 0.0658. The Morgan fingerprint density at radius 3 is 2.77 bits per heavy atom. The van der Waals surface area contributed by atoms with Gasteiger partial charge in [0, 0.05) is 35.4 Å². The fraction of sp³-hybridized carbons (Fsp3) is 0.400. The average molecular weight is 419 g/mol.